The van der Waals surface area contributed by atoms with Gasteiger partial charge in [-0.3, -0.25) is 14.5 Å². The zero-order chi connectivity index (χ0) is 17.3. The molecule has 24 heavy (non-hydrogen) atoms. The summed E-state index contributed by atoms with van der Waals surface area (Å²) in [6.07, 6.45) is 1.67. The first-order valence-electron chi connectivity index (χ1n) is 8.86. The average molecular weight is 329 g/mol. The number of likely N-dealkylation sites (tertiary alicyclic amines) is 1. The molecule has 2 N–H and O–H groups in total. The van der Waals surface area contributed by atoms with Crippen LogP contribution in [0.2, 0.25) is 0 Å². The molecule has 0 aliphatic carbocycles. The molecule has 130 valence electrons. The summed E-state index contributed by atoms with van der Waals surface area (Å²) in [4.78, 5) is 28.6. The molecule has 0 saturated carbocycles. The van der Waals surface area contributed by atoms with Crippen molar-refractivity contribution in [3.8, 4) is 0 Å². The van der Waals surface area contributed by atoms with Gasteiger partial charge in [-0.2, -0.15) is 0 Å². The Morgan fingerprint density at radius 2 is 1.88 bits per heavy atom. The maximum atomic E-state index is 13.1. The van der Waals surface area contributed by atoms with Crippen molar-refractivity contribution >= 4 is 11.8 Å². The summed E-state index contributed by atoms with van der Waals surface area (Å²) in [5.74, 6) is -0.106. The Labute approximate surface area is 143 Å². The average Bonchev–Trinajstić information content (AvgIpc) is 3.05. The predicted octanol–water partition coefficient (Wildman–Crippen LogP) is 1.40. The van der Waals surface area contributed by atoms with Gasteiger partial charge in [0.1, 0.15) is 0 Å². The monoisotopic (exact) mass is 329 g/mol. The molecule has 2 aliphatic rings. The van der Waals surface area contributed by atoms with Crippen LogP contribution in [-0.4, -0.2) is 47.3 Å². The largest absolute Gasteiger partial charge is 0.369 e. The van der Waals surface area contributed by atoms with E-state index in [9.17, 15) is 9.59 Å². The number of hydrogen-bond donors (Lipinski definition) is 1. The number of nitrogens with zero attached hydrogens (tertiary/aromatic N) is 2. The standard InChI is InChI=1S/C19H27N3O2/c1-13(2)17(19(24)22-10-8-16(12-22)18(20)23)21-9-7-14-5-3-4-6-15(14)11-21/h3-6,13,16-17H,7-12H2,1-2H3,(H2,20,23)/t16-,17+/m1/s1. The molecule has 1 aromatic carbocycles. The fraction of sp³-hybridized carbons (Fsp3) is 0.579. The highest BCUT2D eigenvalue weighted by molar-refractivity contribution is 5.84. The summed E-state index contributed by atoms with van der Waals surface area (Å²) in [5.41, 5.74) is 8.11. The smallest absolute Gasteiger partial charge is 0.240 e. The third kappa shape index (κ3) is 3.31. The lowest BCUT2D eigenvalue weighted by molar-refractivity contribution is -0.138. The molecule has 0 aromatic heterocycles. The third-order valence-electron chi connectivity index (χ3n) is 5.34. The van der Waals surface area contributed by atoms with Crippen LogP contribution in [-0.2, 0) is 22.6 Å². The topological polar surface area (TPSA) is 66.6 Å². The summed E-state index contributed by atoms with van der Waals surface area (Å²) in [7, 11) is 0. The number of carbonyl (C=O) groups is 2. The van der Waals surface area contributed by atoms with Gasteiger partial charge in [-0.25, -0.2) is 0 Å². The van der Waals surface area contributed by atoms with Crippen molar-refractivity contribution in [2.45, 2.75) is 39.3 Å². The highest BCUT2D eigenvalue weighted by atomic mass is 16.2. The SMILES string of the molecule is CC(C)[C@@H](C(=O)N1CC[C@@H](C(N)=O)C1)N1CCc2ccccc2C1. The molecular formula is C19H27N3O2. The van der Waals surface area contributed by atoms with Crippen molar-refractivity contribution < 1.29 is 9.59 Å². The summed E-state index contributed by atoms with van der Waals surface area (Å²) >= 11 is 0. The minimum atomic E-state index is -0.293. The molecule has 5 nitrogen and oxygen atoms in total. The summed E-state index contributed by atoms with van der Waals surface area (Å²) in [6.45, 7) is 7.04. The summed E-state index contributed by atoms with van der Waals surface area (Å²) in [5, 5.41) is 0. The number of rotatable bonds is 4. The van der Waals surface area contributed by atoms with Gasteiger partial charge in [0.2, 0.25) is 11.8 Å². The summed E-state index contributed by atoms with van der Waals surface area (Å²) in [6, 6.07) is 8.34. The van der Waals surface area contributed by atoms with Crippen molar-refractivity contribution in [1.82, 2.24) is 9.80 Å². The molecule has 2 aliphatic heterocycles. The van der Waals surface area contributed by atoms with Gasteiger partial charge in [0.05, 0.1) is 12.0 Å². The highest BCUT2D eigenvalue weighted by Crippen LogP contribution is 2.26. The number of hydrogen-bond acceptors (Lipinski definition) is 3. The van der Waals surface area contributed by atoms with Crippen molar-refractivity contribution in [1.29, 1.82) is 0 Å². The normalized spacial score (nSPS) is 22.5. The van der Waals surface area contributed by atoms with Gasteiger partial charge >= 0.3 is 0 Å². The van der Waals surface area contributed by atoms with E-state index < -0.39 is 0 Å². The van der Waals surface area contributed by atoms with Crippen LogP contribution in [0.1, 0.15) is 31.4 Å². The zero-order valence-corrected chi connectivity index (χ0v) is 14.6. The Hall–Kier alpha value is -1.88. The second-order valence-corrected chi connectivity index (χ2v) is 7.35. The molecule has 2 heterocycles. The van der Waals surface area contributed by atoms with E-state index in [2.05, 4.69) is 43.0 Å². The van der Waals surface area contributed by atoms with E-state index in [1.54, 1.807) is 0 Å². The van der Waals surface area contributed by atoms with Crippen molar-refractivity contribution in [2.24, 2.45) is 17.6 Å². The van der Waals surface area contributed by atoms with Gasteiger partial charge in [0, 0.05) is 26.2 Å². The van der Waals surface area contributed by atoms with Crippen LogP contribution in [0.25, 0.3) is 0 Å². The number of amides is 2. The first-order valence-corrected chi connectivity index (χ1v) is 8.86. The van der Waals surface area contributed by atoms with Crippen molar-refractivity contribution in [3.05, 3.63) is 35.4 Å². The number of fused-ring (bicyclic) bond motifs is 1. The minimum absolute atomic E-state index is 0.134. The maximum Gasteiger partial charge on any atom is 0.240 e. The molecule has 2 amide bonds. The van der Waals surface area contributed by atoms with Gasteiger partial charge in [-0.1, -0.05) is 38.1 Å². The van der Waals surface area contributed by atoms with Crippen molar-refractivity contribution in [3.63, 3.8) is 0 Å². The van der Waals surface area contributed by atoms with Crippen LogP contribution < -0.4 is 5.73 Å². The quantitative estimate of drug-likeness (QED) is 0.908. The Morgan fingerprint density at radius 1 is 1.17 bits per heavy atom. The van der Waals surface area contributed by atoms with Gasteiger partial charge < -0.3 is 10.6 Å². The second-order valence-electron chi connectivity index (χ2n) is 7.35. The molecule has 0 spiro atoms. The van der Waals surface area contributed by atoms with Gasteiger partial charge in [-0.05, 0) is 29.9 Å². The Bertz CT molecular complexity index is 629. The molecule has 2 atom stereocenters. The highest BCUT2D eigenvalue weighted by Gasteiger charge is 2.37. The van der Waals surface area contributed by atoms with Crippen LogP contribution in [0.3, 0.4) is 0 Å². The molecule has 3 rings (SSSR count). The molecule has 1 aromatic rings. The second kappa shape index (κ2) is 6.93. The van der Waals surface area contributed by atoms with Gasteiger partial charge in [-0.15, -0.1) is 0 Å². The Balaban J connectivity index is 1.74. The van der Waals surface area contributed by atoms with Crippen LogP contribution in [0.15, 0.2) is 24.3 Å². The van der Waals surface area contributed by atoms with Gasteiger partial charge in [0.15, 0.2) is 0 Å². The number of nitrogens with two attached hydrogens (primary N) is 1. The predicted molar refractivity (Wildman–Crippen MR) is 93.1 cm³/mol. The van der Waals surface area contributed by atoms with Gasteiger partial charge in [0.25, 0.3) is 0 Å². The molecule has 1 fully saturated rings. The zero-order valence-electron chi connectivity index (χ0n) is 14.6. The van der Waals surface area contributed by atoms with Crippen LogP contribution in [0, 0.1) is 11.8 Å². The molecular weight excluding hydrogens is 302 g/mol. The van der Waals surface area contributed by atoms with E-state index in [-0.39, 0.29) is 29.7 Å². The van der Waals surface area contributed by atoms with Crippen LogP contribution in [0.5, 0.6) is 0 Å². The maximum absolute atomic E-state index is 13.1. The summed E-state index contributed by atoms with van der Waals surface area (Å²) < 4.78 is 0. The minimum Gasteiger partial charge on any atom is -0.369 e. The number of benzene rings is 1. The molecule has 1 saturated heterocycles. The first kappa shape index (κ1) is 17.0. The molecule has 5 heteroatoms. The lowest BCUT2D eigenvalue weighted by Crippen LogP contribution is -2.52. The van der Waals surface area contributed by atoms with E-state index in [4.69, 9.17) is 5.73 Å². The molecule has 0 unspecified atom stereocenters. The van der Waals surface area contributed by atoms with Crippen LogP contribution in [0.4, 0.5) is 0 Å². The Kier molecular flexibility index (Phi) is 4.90. The first-order chi connectivity index (χ1) is 11.5. The molecule has 0 radical (unpaired) electrons. The van der Waals surface area contributed by atoms with E-state index in [1.165, 1.54) is 11.1 Å². The fourth-order valence-corrected chi connectivity index (χ4v) is 4.00. The van der Waals surface area contributed by atoms with E-state index in [0.717, 1.165) is 19.5 Å². The lowest BCUT2D eigenvalue weighted by Gasteiger charge is -2.38. The number of primary amides is 1. The number of carbonyl (C=O) groups excluding carboxylic acids is 2. The molecule has 0 bridgehead atoms. The third-order valence-corrected chi connectivity index (χ3v) is 5.34. The van der Waals surface area contributed by atoms with E-state index in [0.29, 0.717) is 19.5 Å². The van der Waals surface area contributed by atoms with E-state index in [1.807, 2.05) is 4.90 Å². The van der Waals surface area contributed by atoms with Crippen LogP contribution >= 0.6 is 0 Å². The van der Waals surface area contributed by atoms with E-state index >= 15 is 0 Å². The lowest BCUT2D eigenvalue weighted by atomic mass is 9.94. The van der Waals surface area contributed by atoms with Crippen molar-refractivity contribution in [2.75, 3.05) is 19.6 Å². The Morgan fingerprint density at radius 3 is 2.50 bits per heavy atom. The fourth-order valence-electron chi connectivity index (χ4n) is 4.00.